The number of pyridine rings is 1. The fourth-order valence-electron chi connectivity index (χ4n) is 3.41. The van der Waals surface area contributed by atoms with E-state index in [1.54, 1.807) is 0 Å². The van der Waals surface area contributed by atoms with E-state index in [1.165, 1.54) is 5.82 Å². The first-order valence-corrected chi connectivity index (χ1v) is 7.88. The van der Waals surface area contributed by atoms with Gasteiger partial charge in [0.15, 0.2) is 5.65 Å². The fourth-order valence-corrected chi connectivity index (χ4v) is 3.41. The molecule has 0 aromatic carbocycles. The molecule has 21 heavy (non-hydrogen) atoms. The van der Waals surface area contributed by atoms with Crippen molar-refractivity contribution in [2.45, 2.75) is 31.7 Å². The summed E-state index contributed by atoms with van der Waals surface area (Å²) in [5.74, 6) is 2.28. The van der Waals surface area contributed by atoms with Crippen LogP contribution in [0.5, 0.6) is 0 Å². The molecule has 1 atom stereocenters. The Morgan fingerprint density at radius 2 is 2.00 bits per heavy atom. The number of aromatic nitrogens is 3. The van der Waals surface area contributed by atoms with Crippen molar-refractivity contribution in [3.05, 3.63) is 24.2 Å². The number of fused-ring (bicyclic) bond motifs is 1. The number of hydrogen-bond acceptors (Lipinski definition) is 4. The summed E-state index contributed by atoms with van der Waals surface area (Å²) in [6, 6.07) is 4.03. The molecular weight excluding hydrogens is 266 g/mol. The number of imidazole rings is 1. The van der Waals surface area contributed by atoms with Crippen molar-refractivity contribution in [1.82, 2.24) is 14.5 Å². The molecule has 0 N–H and O–H groups in total. The van der Waals surface area contributed by atoms with Gasteiger partial charge in [-0.2, -0.15) is 0 Å². The lowest BCUT2D eigenvalue weighted by molar-refractivity contribution is 0.0826. The van der Waals surface area contributed by atoms with Crippen molar-refractivity contribution in [3.8, 4) is 0 Å². The zero-order chi connectivity index (χ0) is 14.1. The third-order valence-electron chi connectivity index (χ3n) is 4.58. The molecule has 2 aliphatic heterocycles. The quantitative estimate of drug-likeness (QED) is 0.869. The van der Waals surface area contributed by atoms with Crippen molar-refractivity contribution in [2.75, 3.05) is 26.4 Å². The van der Waals surface area contributed by atoms with E-state index in [0.29, 0.717) is 11.8 Å². The second kappa shape index (κ2) is 5.73. The standard InChI is InChI=1S/C16H21N3O2/c1-2-14-16(17-6-1)19(10-12-3-7-21-11-12)15(18-14)13-4-8-20-9-5-13/h1-2,6,12-13H,3-5,7-11H2. The van der Waals surface area contributed by atoms with Crippen LogP contribution in [0, 0.1) is 5.92 Å². The van der Waals surface area contributed by atoms with E-state index in [2.05, 4.69) is 15.6 Å². The summed E-state index contributed by atoms with van der Waals surface area (Å²) < 4.78 is 13.4. The van der Waals surface area contributed by atoms with Gasteiger partial charge in [-0.05, 0) is 31.4 Å². The average molecular weight is 287 g/mol. The molecule has 5 heteroatoms. The second-order valence-electron chi connectivity index (χ2n) is 6.04. The predicted octanol–water partition coefficient (Wildman–Crippen LogP) is 2.36. The fraction of sp³-hybridized carbons (Fsp3) is 0.625. The summed E-state index contributed by atoms with van der Waals surface area (Å²) in [4.78, 5) is 9.45. The molecule has 2 fully saturated rings. The van der Waals surface area contributed by atoms with Gasteiger partial charge in [-0.25, -0.2) is 9.97 Å². The molecule has 2 saturated heterocycles. The Morgan fingerprint density at radius 1 is 1.14 bits per heavy atom. The van der Waals surface area contributed by atoms with Gasteiger partial charge in [-0.1, -0.05) is 0 Å². The van der Waals surface area contributed by atoms with Crippen LogP contribution in [-0.4, -0.2) is 41.0 Å². The zero-order valence-corrected chi connectivity index (χ0v) is 12.2. The van der Waals surface area contributed by atoms with Crippen molar-refractivity contribution < 1.29 is 9.47 Å². The first-order chi connectivity index (χ1) is 10.4. The molecule has 5 nitrogen and oxygen atoms in total. The van der Waals surface area contributed by atoms with Crippen molar-refractivity contribution in [2.24, 2.45) is 5.92 Å². The van der Waals surface area contributed by atoms with Gasteiger partial charge in [0.1, 0.15) is 11.3 Å². The highest BCUT2D eigenvalue weighted by molar-refractivity contribution is 5.71. The van der Waals surface area contributed by atoms with E-state index < -0.39 is 0 Å². The Bertz CT molecular complexity index is 613. The lowest BCUT2D eigenvalue weighted by atomic mass is 9.99. The maximum Gasteiger partial charge on any atom is 0.160 e. The van der Waals surface area contributed by atoms with Gasteiger partial charge in [0.2, 0.25) is 0 Å². The first kappa shape index (κ1) is 13.2. The van der Waals surface area contributed by atoms with Gasteiger partial charge in [-0.15, -0.1) is 0 Å². The van der Waals surface area contributed by atoms with Gasteiger partial charge in [0.05, 0.1) is 6.61 Å². The Labute approximate surface area is 124 Å². The van der Waals surface area contributed by atoms with Crippen LogP contribution in [0.1, 0.15) is 31.0 Å². The van der Waals surface area contributed by atoms with Crippen molar-refractivity contribution in [3.63, 3.8) is 0 Å². The molecule has 112 valence electrons. The van der Waals surface area contributed by atoms with Crippen LogP contribution in [-0.2, 0) is 16.0 Å². The van der Waals surface area contributed by atoms with Gasteiger partial charge < -0.3 is 14.0 Å². The molecule has 4 heterocycles. The van der Waals surface area contributed by atoms with Gasteiger partial charge in [0.25, 0.3) is 0 Å². The molecule has 1 unspecified atom stereocenters. The number of rotatable bonds is 3. The lowest BCUT2D eigenvalue weighted by Gasteiger charge is -2.23. The first-order valence-electron chi connectivity index (χ1n) is 7.88. The normalized spacial score (nSPS) is 23.9. The maximum absolute atomic E-state index is 5.53. The van der Waals surface area contributed by atoms with E-state index in [-0.39, 0.29) is 0 Å². The highest BCUT2D eigenvalue weighted by Gasteiger charge is 2.25. The van der Waals surface area contributed by atoms with Gasteiger partial charge in [0, 0.05) is 44.4 Å². The van der Waals surface area contributed by atoms with E-state index in [9.17, 15) is 0 Å². The summed E-state index contributed by atoms with van der Waals surface area (Å²) in [5.41, 5.74) is 2.03. The van der Waals surface area contributed by atoms with Crippen LogP contribution in [0.4, 0.5) is 0 Å². The molecule has 0 spiro atoms. The average Bonchev–Trinajstić information content (AvgIpc) is 3.17. The number of nitrogens with zero attached hydrogens (tertiary/aromatic N) is 3. The Balaban J connectivity index is 1.72. The second-order valence-corrected chi connectivity index (χ2v) is 6.04. The summed E-state index contributed by atoms with van der Waals surface area (Å²) in [7, 11) is 0. The summed E-state index contributed by atoms with van der Waals surface area (Å²) >= 11 is 0. The number of hydrogen-bond donors (Lipinski definition) is 0. The van der Waals surface area contributed by atoms with Crippen LogP contribution in [0.3, 0.4) is 0 Å². The van der Waals surface area contributed by atoms with E-state index >= 15 is 0 Å². The van der Waals surface area contributed by atoms with Crippen molar-refractivity contribution >= 4 is 11.2 Å². The maximum atomic E-state index is 5.53. The van der Waals surface area contributed by atoms with Crippen LogP contribution in [0.25, 0.3) is 11.2 Å². The SMILES string of the molecule is c1cnc2c(c1)nc(C1CCOCC1)n2CC1CCOC1. The zero-order valence-electron chi connectivity index (χ0n) is 12.2. The summed E-state index contributed by atoms with van der Waals surface area (Å²) in [5, 5.41) is 0. The van der Waals surface area contributed by atoms with Crippen LogP contribution < -0.4 is 0 Å². The topological polar surface area (TPSA) is 49.2 Å². The van der Waals surface area contributed by atoms with E-state index in [1.807, 2.05) is 12.3 Å². The molecule has 0 aliphatic carbocycles. The molecule has 0 radical (unpaired) electrons. The van der Waals surface area contributed by atoms with Crippen LogP contribution in [0.2, 0.25) is 0 Å². The molecule has 2 aromatic rings. The predicted molar refractivity (Wildman–Crippen MR) is 79.2 cm³/mol. The molecule has 2 aliphatic rings. The minimum atomic E-state index is 0.496. The van der Waals surface area contributed by atoms with Gasteiger partial charge in [-0.3, -0.25) is 0 Å². The Morgan fingerprint density at radius 3 is 2.81 bits per heavy atom. The molecule has 0 amide bonds. The number of ether oxygens (including phenoxy) is 2. The van der Waals surface area contributed by atoms with Crippen molar-refractivity contribution in [1.29, 1.82) is 0 Å². The highest BCUT2D eigenvalue weighted by atomic mass is 16.5. The third kappa shape index (κ3) is 2.56. The van der Waals surface area contributed by atoms with E-state index in [4.69, 9.17) is 14.5 Å². The Kier molecular flexibility index (Phi) is 3.61. The van der Waals surface area contributed by atoms with Gasteiger partial charge >= 0.3 is 0 Å². The minimum Gasteiger partial charge on any atom is -0.381 e. The largest absolute Gasteiger partial charge is 0.381 e. The molecule has 4 rings (SSSR count). The monoisotopic (exact) mass is 287 g/mol. The molecule has 0 saturated carbocycles. The minimum absolute atomic E-state index is 0.496. The van der Waals surface area contributed by atoms with Crippen LogP contribution in [0.15, 0.2) is 18.3 Å². The summed E-state index contributed by atoms with van der Waals surface area (Å²) in [6.45, 7) is 4.40. The van der Waals surface area contributed by atoms with E-state index in [0.717, 1.165) is 63.4 Å². The molecular formula is C16H21N3O2. The Hall–Kier alpha value is -1.46. The molecule has 2 aromatic heterocycles. The molecule has 0 bridgehead atoms. The lowest BCUT2D eigenvalue weighted by Crippen LogP contribution is -2.20. The van der Waals surface area contributed by atoms with Crippen LogP contribution >= 0.6 is 0 Å². The smallest absolute Gasteiger partial charge is 0.160 e. The summed E-state index contributed by atoms with van der Waals surface area (Å²) in [6.07, 6.45) is 5.12. The third-order valence-corrected chi connectivity index (χ3v) is 4.58. The highest BCUT2D eigenvalue weighted by Crippen LogP contribution is 2.30.